The topological polar surface area (TPSA) is 48.4 Å². The van der Waals surface area contributed by atoms with E-state index in [1.807, 2.05) is 24.5 Å². The van der Waals surface area contributed by atoms with Gasteiger partial charge in [0.15, 0.2) is 0 Å². The van der Waals surface area contributed by atoms with Crippen LogP contribution in [0, 0.1) is 0 Å². The third-order valence-corrected chi connectivity index (χ3v) is 2.70. The molecule has 0 aliphatic rings. The number of rotatable bonds is 8. The molecular weight excluding hydrogens is 214 g/mol. The maximum Gasteiger partial charge on any atom is 0.0446 e. The minimum absolute atomic E-state index is 0.237. The number of likely N-dealkylation sites (N-methyl/N-ethyl adjacent to an activating group) is 2. The summed E-state index contributed by atoms with van der Waals surface area (Å²) in [6, 6.07) is 4.42. The van der Waals surface area contributed by atoms with Gasteiger partial charge in [0.25, 0.3) is 0 Å². The van der Waals surface area contributed by atoms with Gasteiger partial charge in [-0.1, -0.05) is 6.92 Å². The highest BCUT2D eigenvalue weighted by molar-refractivity contribution is 5.09. The van der Waals surface area contributed by atoms with E-state index in [-0.39, 0.29) is 6.61 Å². The Balaban J connectivity index is 2.38. The number of nitrogens with one attached hydrogen (secondary N) is 1. The van der Waals surface area contributed by atoms with Crippen LogP contribution >= 0.6 is 0 Å². The third-order valence-electron chi connectivity index (χ3n) is 2.70. The Hall–Kier alpha value is -0.970. The number of aliphatic hydroxyl groups is 1. The lowest BCUT2D eigenvalue weighted by molar-refractivity contribution is 0.227. The molecule has 0 radical (unpaired) electrons. The zero-order valence-corrected chi connectivity index (χ0v) is 10.8. The fourth-order valence-electron chi connectivity index (χ4n) is 1.94. The highest BCUT2D eigenvalue weighted by atomic mass is 16.3. The molecular formula is C13H23N3O. The monoisotopic (exact) mass is 237 g/mol. The van der Waals surface area contributed by atoms with E-state index in [1.165, 1.54) is 5.56 Å². The maximum atomic E-state index is 9.00. The first-order valence-corrected chi connectivity index (χ1v) is 6.18. The molecule has 0 aliphatic heterocycles. The Labute approximate surface area is 104 Å². The van der Waals surface area contributed by atoms with Crippen molar-refractivity contribution >= 4 is 0 Å². The van der Waals surface area contributed by atoms with Gasteiger partial charge in [-0.3, -0.25) is 4.98 Å². The summed E-state index contributed by atoms with van der Waals surface area (Å²) >= 11 is 0. The van der Waals surface area contributed by atoms with Crippen LogP contribution in [0.15, 0.2) is 24.5 Å². The highest BCUT2D eigenvalue weighted by Crippen LogP contribution is 2.03. The van der Waals surface area contributed by atoms with Gasteiger partial charge < -0.3 is 15.3 Å². The van der Waals surface area contributed by atoms with Gasteiger partial charge in [0, 0.05) is 38.1 Å². The van der Waals surface area contributed by atoms with Crippen LogP contribution in [-0.2, 0) is 6.54 Å². The van der Waals surface area contributed by atoms with Crippen LogP contribution < -0.4 is 5.32 Å². The Morgan fingerprint density at radius 3 is 2.71 bits per heavy atom. The van der Waals surface area contributed by atoms with Gasteiger partial charge in [0.2, 0.25) is 0 Å². The van der Waals surface area contributed by atoms with Gasteiger partial charge in [-0.15, -0.1) is 0 Å². The standard InChI is InChI=1S/C13H23N3O/c1-3-15-13(6-9-17)11-16(2)10-12-4-7-14-8-5-12/h4-5,7-8,13,15,17H,3,6,9-11H2,1-2H3. The summed E-state index contributed by atoms with van der Waals surface area (Å²) in [6.07, 6.45) is 4.44. The first kappa shape index (κ1) is 14.1. The van der Waals surface area contributed by atoms with Crippen LogP contribution in [0.25, 0.3) is 0 Å². The quantitative estimate of drug-likeness (QED) is 0.704. The van der Waals surface area contributed by atoms with E-state index in [4.69, 9.17) is 5.11 Å². The molecule has 17 heavy (non-hydrogen) atoms. The summed E-state index contributed by atoms with van der Waals surface area (Å²) in [5.41, 5.74) is 1.27. The van der Waals surface area contributed by atoms with Crippen molar-refractivity contribution < 1.29 is 5.11 Å². The lowest BCUT2D eigenvalue weighted by atomic mass is 10.2. The van der Waals surface area contributed by atoms with Crippen LogP contribution in [0.5, 0.6) is 0 Å². The van der Waals surface area contributed by atoms with Crippen LogP contribution in [0.3, 0.4) is 0 Å². The van der Waals surface area contributed by atoms with Gasteiger partial charge in [-0.05, 0) is 37.7 Å². The van der Waals surface area contributed by atoms with E-state index < -0.39 is 0 Å². The third kappa shape index (κ3) is 5.77. The van der Waals surface area contributed by atoms with Gasteiger partial charge in [-0.25, -0.2) is 0 Å². The summed E-state index contributed by atoms with van der Waals surface area (Å²) in [4.78, 5) is 6.27. The Morgan fingerprint density at radius 2 is 2.12 bits per heavy atom. The van der Waals surface area contributed by atoms with Crippen molar-refractivity contribution in [1.82, 2.24) is 15.2 Å². The molecule has 1 aromatic rings. The molecule has 0 aromatic carbocycles. The molecule has 2 N–H and O–H groups in total. The predicted molar refractivity (Wildman–Crippen MR) is 69.7 cm³/mol. The number of pyridine rings is 1. The van der Waals surface area contributed by atoms with E-state index >= 15 is 0 Å². The van der Waals surface area contributed by atoms with Crippen molar-refractivity contribution in [3.8, 4) is 0 Å². The first-order valence-electron chi connectivity index (χ1n) is 6.18. The second kappa shape index (κ2) is 8.17. The molecule has 1 rings (SSSR count). The molecule has 96 valence electrons. The smallest absolute Gasteiger partial charge is 0.0446 e. The predicted octanol–water partition coefficient (Wildman–Crippen LogP) is 0.874. The van der Waals surface area contributed by atoms with E-state index in [0.717, 1.165) is 26.1 Å². The van der Waals surface area contributed by atoms with Crippen molar-refractivity contribution in [2.24, 2.45) is 0 Å². The first-order chi connectivity index (χ1) is 8.26. The zero-order chi connectivity index (χ0) is 12.5. The molecule has 0 aliphatic carbocycles. The lowest BCUT2D eigenvalue weighted by Gasteiger charge is -2.24. The van der Waals surface area contributed by atoms with E-state index in [0.29, 0.717) is 6.04 Å². The second-order valence-electron chi connectivity index (χ2n) is 4.32. The zero-order valence-electron chi connectivity index (χ0n) is 10.8. The molecule has 0 spiro atoms. The van der Waals surface area contributed by atoms with E-state index in [2.05, 4.69) is 29.2 Å². The van der Waals surface area contributed by atoms with Crippen LogP contribution in [0.1, 0.15) is 18.9 Å². The van der Waals surface area contributed by atoms with Gasteiger partial charge in [0.1, 0.15) is 0 Å². The van der Waals surface area contributed by atoms with Gasteiger partial charge in [-0.2, -0.15) is 0 Å². The Bertz CT molecular complexity index is 286. The van der Waals surface area contributed by atoms with Crippen LogP contribution in [-0.4, -0.2) is 47.8 Å². The number of nitrogens with zero attached hydrogens (tertiary/aromatic N) is 2. The Kier molecular flexibility index (Phi) is 6.77. The molecule has 4 heteroatoms. The van der Waals surface area contributed by atoms with Crippen molar-refractivity contribution in [3.05, 3.63) is 30.1 Å². The lowest BCUT2D eigenvalue weighted by Crippen LogP contribution is -2.39. The molecule has 0 saturated heterocycles. The molecule has 0 amide bonds. The van der Waals surface area contributed by atoms with E-state index in [1.54, 1.807) is 0 Å². The molecule has 0 bridgehead atoms. The molecule has 1 aromatic heterocycles. The van der Waals surface area contributed by atoms with Crippen molar-refractivity contribution in [2.75, 3.05) is 26.7 Å². The molecule has 1 heterocycles. The molecule has 0 saturated carbocycles. The Morgan fingerprint density at radius 1 is 1.41 bits per heavy atom. The van der Waals surface area contributed by atoms with Crippen molar-refractivity contribution in [1.29, 1.82) is 0 Å². The summed E-state index contributed by atoms with van der Waals surface area (Å²) in [5.74, 6) is 0. The summed E-state index contributed by atoms with van der Waals surface area (Å²) in [5, 5.41) is 12.4. The molecule has 0 fully saturated rings. The minimum atomic E-state index is 0.237. The van der Waals surface area contributed by atoms with Gasteiger partial charge in [0.05, 0.1) is 0 Å². The van der Waals surface area contributed by atoms with Crippen molar-refractivity contribution in [2.45, 2.75) is 25.9 Å². The number of aliphatic hydroxyl groups excluding tert-OH is 1. The average molecular weight is 237 g/mol. The fourth-order valence-corrected chi connectivity index (χ4v) is 1.94. The molecule has 4 nitrogen and oxygen atoms in total. The number of hydrogen-bond acceptors (Lipinski definition) is 4. The number of aromatic nitrogens is 1. The summed E-state index contributed by atoms with van der Waals surface area (Å²) in [7, 11) is 2.10. The highest BCUT2D eigenvalue weighted by Gasteiger charge is 2.10. The van der Waals surface area contributed by atoms with Crippen molar-refractivity contribution in [3.63, 3.8) is 0 Å². The largest absolute Gasteiger partial charge is 0.396 e. The minimum Gasteiger partial charge on any atom is -0.396 e. The SMILES string of the molecule is CCNC(CCO)CN(C)Cc1ccncc1. The fraction of sp³-hybridized carbons (Fsp3) is 0.615. The van der Waals surface area contributed by atoms with Gasteiger partial charge >= 0.3 is 0 Å². The van der Waals surface area contributed by atoms with E-state index in [9.17, 15) is 0 Å². The second-order valence-corrected chi connectivity index (χ2v) is 4.32. The summed E-state index contributed by atoms with van der Waals surface area (Å²) in [6.45, 7) is 5.12. The molecule has 1 atom stereocenters. The number of hydrogen-bond donors (Lipinski definition) is 2. The van der Waals surface area contributed by atoms with Crippen LogP contribution in [0.4, 0.5) is 0 Å². The van der Waals surface area contributed by atoms with Crippen LogP contribution in [0.2, 0.25) is 0 Å². The molecule has 1 unspecified atom stereocenters. The average Bonchev–Trinajstić information content (AvgIpc) is 2.30. The summed E-state index contributed by atoms with van der Waals surface area (Å²) < 4.78 is 0. The maximum absolute atomic E-state index is 9.00. The normalized spacial score (nSPS) is 12.9.